The van der Waals surface area contributed by atoms with Crippen molar-refractivity contribution in [2.24, 2.45) is 5.73 Å². The number of urea groups is 1. The van der Waals surface area contributed by atoms with E-state index in [2.05, 4.69) is 31.5 Å². The normalized spacial score (nSPS) is 15.9. The first-order chi connectivity index (χ1) is 18.3. The zero-order valence-electron chi connectivity index (χ0n) is 20.5. The van der Waals surface area contributed by atoms with Crippen molar-refractivity contribution in [2.45, 2.75) is 38.3 Å². The largest absolute Gasteiger partial charge is 0.456 e. The quantitative estimate of drug-likeness (QED) is 0.175. The van der Waals surface area contributed by atoms with Gasteiger partial charge < -0.3 is 20.5 Å². The summed E-state index contributed by atoms with van der Waals surface area (Å²) in [5.41, 5.74) is 7.16. The Morgan fingerprint density at radius 2 is 2.00 bits per heavy atom. The number of nitrogens with one attached hydrogen (secondary N) is 2. The van der Waals surface area contributed by atoms with Crippen LogP contribution in [-0.2, 0) is 11.3 Å². The number of aromatic nitrogens is 1. The Bertz CT molecular complexity index is 1350. The molecule has 1 aliphatic carbocycles. The Hall–Kier alpha value is -3.83. The number of carbonyl (C=O) groups is 3. The molecule has 0 saturated heterocycles. The lowest BCUT2D eigenvalue weighted by atomic mass is 10.00. The Kier molecular flexibility index (Phi) is 8.70. The summed E-state index contributed by atoms with van der Waals surface area (Å²) in [6.45, 7) is 1.44. The molecule has 2 amide bonds. The van der Waals surface area contributed by atoms with Gasteiger partial charge in [-0.1, -0.05) is 19.1 Å². The molecule has 1 aliphatic rings. The molecule has 0 spiro atoms. The van der Waals surface area contributed by atoms with E-state index in [0.717, 1.165) is 16.1 Å². The van der Waals surface area contributed by atoms with Crippen LogP contribution in [0, 0.1) is 5.82 Å². The zero-order chi connectivity index (χ0) is 27.2. The SMILES string of the molecule is CCC(=O)c1cc(F)cc([C@@H]2C[C@@H]2NC(=O)Nc2ccc(Br)cn2)c1OCOC(=O)c1cccc(CN)c1. The number of ether oxygens (including phenoxy) is 2. The number of rotatable bonds is 10. The number of hydrogen-bond acceptors (Lipinski definition) is 7. The van der Waals surface area contributed by atoms with E-state index in [-0.39, 0.29) is 42.0 Å². The van der Waals surface area contributed by atoms with Crippen molar-refractivity contribution in [3.8, 4) is 5.75 Å². The molecule has 0 radical (unpaired) electrons. The van der Waals surface area contributed by atoms with Crippen molar-refractivity contribution in [1.29, 1.82) is 0 Å². The van der Waals surface area contributed by atoms with E-state index < -0.39 is 24.6 Å². The van der Waals surface area contributed by atoms with Crippen LogP contribution in [0.5, 0.6) is 5.75 Å². The number of ketones is 1. The van der Waals surface area contributed by atoms with Gasteiger partial charge in [-0.15, -0.1) is 0 Å². The lowest BCUT2D eigenvalue weighted by Gasteiger charge is -2.16. The van der Waals surface area contributed by atoms with Gasteiger partial charge in [-0.3, -0.25) is 10.1 Å². The number of Topliss-reactive ketones (excluding diaryl/α,β-unsaturated/α-hetero) is 1. The molecule has 4 rings (SSSR count). The third kappa shape index (κ3) is 6.73. The highest BCUT2D eigenvalue weighted by Crippen LogP contribution is 2.46. The third-order valence-electron chi connectivity index (χ3n) is 5.97. The number of amides is 2. The average Bonchev–Trinajstić information content (AvgIpc) is 3.68. The molecular weight excluding hydrogens is 559 g/mol. The summed E-state index contributed by atoms with van der Waals surface area (Å²) < 4.78 is 26.3. The number of anilines is 1. The van der Waals surface area contributed by atoms with Crippen LogP contribution >= 0.6 is 15.9 Å². The first-order valence-electron chi connectivity index (χ1n) is 11.9. The van der Waals surface area contributed by atoms with Crippen LogP contribution in [0.15, 0.2) is 59.2 Å². The summed E-state index contributed by atoms with van der Waals surface area (Å²) >= 11 is 3.28. The van der Waals surface area contributed by atoms with Crippen molar-refractivity contribution in [3.05, 3.63) is 87.3 Å². The minimum atomic E-state index is -0.628. The number of halogens is 2. The van der Waals surface area contributed by atoms with Crippen LogP contribution in [0.25, 0.3) is 0 Å². The van der Waals surface area contributed by atoms with Crippen molar-refractivity contribution >= 4 is 39.5 Å². The van der Waals surface area contributed by atoms with E-state index in [0.29, 0.717) is 23.4 Å². The molecule has 4 N–H and O–H groups in total. The molecule has 1 fully saturated rings. The van der Waals surface area contributed by atoms with Gasteiger partial charge in [0.1, 0.15) is 17.4 Å². The summed E-state index contributed by atoms with van der Waals surface area (Å²) in [5, 5.41) is 5.46. The number of pyridine rings is 1. The molecule has 1 heterocycles. The number of carbonyl (C=O) groups excluding carboxylic acids is 3. The number of nitrogens with two attached hydrogens (primary N) is 1. The fraction of sp³-hybridized carbons (Fsp3) is 0.259. The predicted molar refractivity (Wildman–Crippen MR) is 142 cm³/mol. The maximum absolute atomic E-state index is 14.5. The first-order valence-corrected chi connectivity index (χ1v) is 12.7. The lowest BCUT2D eigenvalue weighted by Crippen LogP contribution is -2.31. The molecular formula is C27H26BrFN4O5. The molecule has 11 heteroatoms. The van der Waals surface area contributed by atoms with E-state index in [1.54, 1.807) is 49.5 Å². The maximum Gasteiger partial charge on any atom is 0.341 e. The fourth-order valence-electron chi connectivity index (χ4n) is 3.97. The van der Waals surface area contributed by atoms with Gasteiger partial charge in [-0.2, -0.15) is 0 Å². The van der Waals surface area contributed by atoms with Gasteiger partial charge in [0.25, 0.3) is 0 Å². The van der Waals surface area contributed by atoms with Crippen LogP contribution < -0.4 is 21.1 Å². The smallest absolute Gasteiger partial charge is 0.341 e. The van der Waals surface area contributed by atoms with Crippen LogP contribution in [0.3, 0.4) is 0 Å². The van der Waals surface area contributed by atoms with Gasteiger partial charge in [0.05, 0.1) is 11.1 Å². The topological polar surface area (TPSA) is 133 Å². The minimum Gasteiger partial charge on any atom is -0.456 e. The van der Waals surface area contributed by atoms with Crippen molar-refractivity contribution < 1.29 is 28.2 Å². The lowest BCUT2D eigenvalue weighted by molar-refractivity contribution is 0.0149. The number of nitrogens with zero attached hydrogens (tertiary/aromatic N) is 1. The fourth-order valence-corrected chi connectivity index (χ4v) is 4.20. The summed E-state index contributed by atoms with van der Waals surface area (Å²) in [7, 11) is 0. The molecule has 3 aromatic rings. The van der Waals surface area contributed by atoms with Crippen LogP contribution in [0.1, 0.15) is 57.5 Å². The third-order valence-corrected chi connectivity index (χ3v) is 6.44. The number of esters is 1. The van der Waals surface area contributed by atoms with E-state index >= 15 is 0 Å². The maximum atomic E-state index is 14.5. The number of benzene rings is 2. The molecule has 38 heavy (non-hydrogen) atoms. The molecule has 0 aliphatic heterocycles. The molecule has 2 atom stereocenters. The van der Waals surface area contributed by atoms with Gasteiger partial charge in [-0.25, -0.2) is 19.0 Å². The van der Waals surface area contributed by atoms with Gasteiger partial charge in [0.2, 0.25) is 6.79 Å². The molecule has 2 aromatic carbocycles. The Labute approximate surface area is 227 Å². The standard InChI is InChI=1S/C27H26BrFN4O5/c1-2-23(34)21-10-18(29)9-20(19-11-22(19)32-27(36)33-24-7-6-17(28)13-31-24)25(21)37-14-38-26(35)16-5-3-4-15(8-16)12-30/h3-10,13,19,22H,2,11-12,14,30H2,1H3,(H2,31,32,33,36)/t19-,22-/m0/s1. The molecule has 1 aromatic heterocycles. The highest BCUT2D eigenvalue weighted by atomic mass is 79.9. The molecule has 0 bridgehead atoms. The summed E-state index contributed by atoms with van der Waals surface area (Å²) in [6, 6.07) is 11.7. The average molecular weight is 585 g/mol. The van der Waals surface area contributed by atoms with Gasteiger partial charge >= 0.3 is 12.0 Å². The van der Waals surface area contributed by atoms with Crippen molar-refractivity contribution in [3.63, 3.8) is 0 Å². The van der Waals surface area contributed by atoms with Crippen molar-refractivity contribution in [1.82, 2.24) is 10.3 Å². The second-order valence-corrected chi connectivity index (χ2v) is 9.57. The monoisotopic (exact) mass is 584 g/mol. The van der Waals surface area contributed by atoms with Gasteiger partial charge in [0.15, 0.2) is 5.78 Å². The highest BCUT2D eigenvalue weighted by molar-refractivity contribution is 9.10. The van der Waals surface area contributed by atoms with Gasteiger partial charge in [-0.05, 0) is 64.3 Å². The van der Waals surface area contributed by atoms with E-state index in [9.17, 15) is 18.8 Å². The van der Waals surface area contributed by atoms with Crippen molar-refractivity contribution in [2.75, 3.05) is 12.1 Å². The van der Waals surface area contributed by atoms with Gasteiger partial charge in [0, 0.05) is 41.2 Å². The molecule has 198 valence electrons. The summed E-state index contributed by atoms with van der Waals surface area (Å²) in [6.07, 6.45) is 2.19. The summed E-state index contributed by atoms with van der Waals surface area (Å²) in [5.74, 6) is -1.36. The minimum absolute atomic E-state index is 0.0536. The molecule has 0 unspecified atom stereocenters. The van der Waals surface area contributed by atoms with Crippen LogP contribution in [0.4, 0.5) is 15.0 Å². The zero-order valence-corrected chi connectivity index (χ0v) is 22.1. The Morgan fingerprint density at radius 3 is 2.71 bits per heavy atom. The second kappa shape index (κ2) is 12.1. The molecule has 1 saturated carbocycles. The Balaban J connectivity index is 1.46. The predicted octanol–water partition coefficient (Wildman–Crippen LogP) is 4.91. The number of hydrogen-bond donors (Lipinski definition) is 3. The highest BCUT2D eigenvalue weighted by Gasteiger charge is 2.42. The second-order valence-electron chi connectivity index (χ2n) is 8.66. The summed E-state index contributed by atoms with van der Waals surface area (Å²) in [4.78, 5) is 41.6. The molecule has 9 nitrogen and oxygen atoms in total. The van der Waals surface area contributed by atoms with Crippen LogP contribution in [0.2, 0.25) is 0 Å². The first kappa shape index (κ1) is 27.2. The van der Waals surface area contributed by atoms with E-state index in [1.807, 2.05) is 0 Å². The van der Waals surface area contributed by atoms with E-state index in [4.69, 9.17) is 15.2 Å². The Morgan fingerprint density at radius 1 is 1.18 bits per heavy atom. The van der Waals surface area contributed by atoms with E-state index in [1.165, 1.54) is 6.07 Å². The van der Waals surface area contributed by atoms with Crippen LogP contribution in [-0.4, -0.2) is 35.6 Å².